The van der Waals surface area contributed by atoms with Crippen LogP contribution in [0.5, 0.6) is 0 Å². The lowest BCUT2D eigenvalue weighted by atomic mass is 10.0. The third kappa shape index (κ3) is 6.67. The second-order valence-corrected chi connectivity index (χ2v) is 7.91. The summed E-state index contributed by atoms with van der Waals surface area (Å²) in [5, 5.41) is 3.60. The summed E-state index contributed by atoms with van der Waals surface area (Å²) in [7, 11) is 0. The number of benzene rings is 1. The highest BCUT2D eigenvalue weighted by molar-refractivity contribution is 5.68. The first-order valence-corrected chi connectivity index (χ1v) is 9.15. The number of hydrogen-bond donors (Lipinski definition) is 1. The molecule has 1 saturated heterocycles. The van der Waals surface area contributed by atoms with Crippen LogP contribution in [0.1, 0.15) is 46.6 Å². The minimum absolute atomic E-state index is 0.0371. The molecule has 1 heterocycles. The summed E-state index contributed by atoms with van der Waals surface area (Å²) in [5.41, 5.74) is 0.772. The third-order valence-electron chi connectivity index (χ3n) is 4.07. The molecule has 140 valence electrons. The second-order valence-electron chi connectivity index (χ2n) is 7.91. The fourth-order valence-corrected chi connectivity index (χ4v) is 2.97. The first-order chi connectivity index (χ1) is 11.7. The fourth-order valence-electron chi connectivity index (χ4n) is 2.97. The Morgan fingerprint density at radius 2 is 1.96 bits per heavy atom. The van der Waals surface area contributed by atoms with Crippen LogP contribution in [-0.4, -0.2) is 47.9 Å². The summed E-state index contributed by atoms with van der Waals surface area (Å²) >= 11 is 0. The van der Waals surface area contributed by atoms with Gasteiger partial charge in [-0.15, -0.1) is 0 Å². The molecule has 1 aromatic carbocycles. The van der Waals surface area contributed by atoms with Gasteiger partial charge in [-0.3, -0.25) is 0 Å². The smallest absolute Gasteiger partial charge is 0.410 e. The minimum atomic E-state index is -0.478. The van der Waals surface area contributed by atoms with Crippen LogP contribution in [-0.2, 0) is 16.0 Å². The van der Waals surface area contributed by atoms with Crippen molar-refractivity contribution < 1.29 is 14.3 Å². The lowest BCUT2D eigenvalue weighted by Gasteiger charge is -2.40. The van der Waals surface area contributed by atoms with Crippen molar-refractivity contribution in [1.29, 1.82) is 0 Å². The number of nitrogens with one attached hydrogen (secondary N) is 1. The van der Waals surface area contributed by atoms with Crippen LogP contribution in [0.15, 0.2) is 30.3 Å². The molecule has 0 aliphatic carbocycles. The Balaban J connectivity index is 1.96. The summed E-state index contributed by atoms with van der Waals surface area (Å²) in [6.45, 7) is 11.8. The molecule has 0 unspecified atom stereocenters. The molecule has 0 bridgehead atoms. The minimum Gasteiger partial charge on any atom is -0.444 e. The van der Waals surface area contributed by atoms with Gasteiger partial charge in [-0.05, 0) is 46.6 Å². The number of piperidine rings is 1. The predicted molar refractivity (Wildman–Crippen MR) is 99.5 cm³/mol. The van der Waals surface area contributed by atoms with Gasteiger partial charge in [-0.2, -0.15) is 0 Å². The van der Waals surface area contributed by atoms with Gasteiger partial charge in [-0.1, -0.05) is 30.3 Å². The van der Waals surface area contributed by atoms with Crippen LogP contribution in [0, 0.1) is 0 Å². The number of amides is 1. The van der Waals surface area contributed by atoms with Crippen LogP contribution in [0.3, 0.4) is 0 Å². The van der Waals surface area contributed by atoms with E-state index < -0.39 is 5.60 Å². The Morgan fingerprint density at radius 1 is 1.28 bits per heavy atom. The lowest BCUT2D eigenvalue weighted by molar-refractivity contribution is -0.0571. The van der Waals surface area contributed by atoms with Gasteiger partial charge in [0.1, 0.15) is 5.60 Å². The van der Waals surface area contributed by atoms with E-state index in [2.05, 4.69) is 17.4 Å². The normalized spacial score (nSPS) is 21.4. The van der Waals surface area contributed by atoms with E-state index >= 15 is 0 Å². The van der Waals surface area contributed by atoms with Crippen molar-refractivity contribution in [3.05, 3.63) is 35.9 Å². The molecule has 1 N–H and O–H groups in total. The third-order valence-corrected chi connectivity index (χ3v) is 4.07. The summed E-state index contributed by atoms with van der Waals surface area (Å²) < 4.78 is 11.6. The summed E-state index contributed by atoms with van der Waals surface area (Å²) in [5.74, 6) is 0. The summed E-state index contributed by atoms with van der Waals surface area (Å²) in [4.78, 5) is 14.1. The van der Waals surface area contributed by atoms with Crippen LogP contribution in [0.2, 0.25) is 0 Å². The van der Waals surface area contributed by atoms with Gasteiger partial charge >= 0.3 is 6.09 Å². The first kappa shape index (κ1) is 19.7. The topological polar surface area (TPSA) is 50.8 Å². The summed E-state index contributed by atoms with van der Waals surface area (Å²) in [6, 6.07) is 10.6. The van der Waals surface area contributed by atoms with E-state index in [1.54, 1.807) is 4.90 Å². The van der Waals surface area contributed by atoms with Crippen molar-refractivity contribution >= 4 is 6.09 Å². The van der Waals surface area contributed by atoms with Crippen molar-refractivity contribution in [3.63, 3.8) is 0 Å². The standard InChI is InChI=1S/C20H32N2O3/c1-15(2)24-18-14-22(19(23)25-20(3,4)5)12-11-17(18)21-13-16-9-7-6-8-10-16/h6-10,15,17-18,21H,11-14H2,1-5H3/t17-,18+/m1/s1. The monoisotopic (exact) mass is 348 g/mol. The van der Waals surface area contributed by atoms with Crippen molar-refractivity contribution in [2.24, 2.45) is 0 Å². The second kappa shape index (κ2) is 8.68. The Morgan fingerprint density at radius 3 is 2.56 bits per heavy atom. The number of carbonyl (C=O) groups excluding carboxylic acids is 1. The molecule has 2 rings (SSSR count). The van der Waals surface area contributed by atoms with Crippen molar-refractivity contribution in [3.8, 4) is 0 Å². The van der Waals surface area contributed by atoms with Gasteiger partial charge in [0.05, 0.1) is 18.8 Å². The zero-order valence-electron chi connectivity index (χ0n) is 16.1. The van der Waals surface area contributed by atoms with E-state index in [1.807, 2.05) is 52.8 Å². The van der Waals surface area contributed by atoms with Gasteiger partial charge in [0.25, 0.3) is 0 Å². The van der Waals surface area contributed by atoms with E-state index in [-0.39, 0.29) is 24.3 Å². The first-order valence-electron chi connectivity index (χ1n) is 9.15. The van der Waals surface area contributed by atoms with Gasteiger partial charge in [0.2, 0.25) is 0 Å². The molecule has 1 amide bonds. The maximum atomic E-state index is 12.4. The van der Waals surface area contributed by atoms with Crippen LogP contribution in [0.25, 0.3) is 0 Å². The molecule has 25 heavy (non-hydrogen) atoms. The van der Waals surface area contributed by atoms with Gasteiger partial charge in [0, 0.05) is 19.1 Å². The fraction of sp³-hybridized carbons (Fsp3) is 0.650. The van der Waals surface area contributed by atoms with Gasteiger partial charge in [0.15, 0.2) is 0 Å². The molecule has 1 fully saturated rings. The van der Waals surface area contributed by atoms with Crippen LogP contribution in [0.4, 0.5) is 4.79 Å². The molecule has 0 radical (unpaired) electrons. The molecule has 0 aromatic heterocycles. The van der Waals surface area contributed by atoms with Gasteiger partial charge < -0.3 is 19.7 Å². The number of nitrogens with zero attached hydrogens (tertiary/aromatic N) is 1. The Hall–Kier alpha value is -1.59. The molecule has 1 aliphatic heterocycles. The zero-order valence-corrected chi connectivity index (χ0v) is 16.1. The number of rotatable bonds is 5. The average molecular weight is 348 g/mol. The van der Waals surface area contributed by atoms with Crippen LogP contribution >= 0.6 is 0 Å². The molecular weight excluding hydrogens is 316 g/mol. The molecule has 2 atom stereocenters. The molecule has 0 saturated carbocycles. The SMILES string of the molecule is CC(C)O[C@H]1CN(C(=O)OC(C)(C)C)CC[C@H]1NCc1ccccc1. The van der Waals surface area contributed by atoms with E-state index in [9.17, 15) is 4.79 Å². The highest BCUT2D eigenvalue weighted by Gasteiger charge is 2.34. The highest BCUT2D eigenvalue weighted by atomic mass is 16.6. The number of likely N-dealkylation sites (tertiary alicyclic amines) is 1. The molecule has 1 aliphatic rings. The molecule has 5 nitrogen and oxygen atoms in total. The average Bonchev–Trinajstić information content (AvgIpc) is 2.52. The largest absolute Gasteiger partial charge is 0.444 e. The highest BCUT2D eigenvalue weighted by Crippen LogP contribution is 2.19. The van der Waals surface area contributed by atoms with E-state index in [4.69, 9.17) is 9.47 Å². The zero-order chi connectivity index (χ0) is 18.4. The summed E-state index contributed by atoms with van der Waals surface area (Å²) in [6.07, 6.45) is 0.671. The maximum absolute atomic E-state index is 12.4. The maximum Gasteiger partial charge on any atom is 0.410 e. The van der Waals surface area contributed by atoms with E-state index in [0.717, 1.165) is 13.0 Å². The van der Waals surface area contributed by atoms with Crippen molar-refractivity contribution in [2.75, 3.05) is 13.1 Å². The van der Waals surface area contributed by atoms with Crippen molar-refractivity contribution in [1.82, 2.24) is 10.2 Å². The lowest BCUT2D eigenvalue weighted by Crippen LogP contribution is -2.56. The Labute approximate surface area is 151 Å². The molecular formula is C20H32N2O3. The number of hydrogen-bond acceptors (Lipinski definition) is 4. The Kier molecular flexibility index (Phi) is 6.85. The number of carbonyl (C=O) groups is 1. The molecule has 5 heteroatoms. The van der Waals surface area contributed by atoms with E-state index in [1.165, 1.54) is 5.56 Å². The predicted octanol–water partition coefficient (Wildman–Crippen LogP) is 3.58. The molecule has 0 spiro atoms. The van der Waals surface area contributed by atoms with Crippen LogP contribution < -0.4 is 5.32 Å². The molecule has 1 aromatic rings. The Bertz CT molecular complexity index is 540. The van der Waals surface area contributed by atoms with Crippen molar-refractivity contribution in [2.45, 2.75) is 71.4 Å². The number of ether oxygens (including phenoxy) is 2. The van der Waals surface area contributed by atoms with Gasteiger partial charge in [-0.25, -0.2) is 4.79 Å². The van der Waals surface area contributed by atoms with E-state index in [0.29, 0.717) is 13.1 Å². The quantitative estimate of drug-likeness (QED) is 0.884.